The van der Waals surface area contributed by atoms with Gasteiger partial charge in [0.15, 0.2) is 0 Å². The van der Waals surface area contributed by atoms with E-state index in [4.69, 9.17) is 0 Å². The minimum Gasteiger partial charge on any atom is -0.213 e. The molecule has 0 bridgehead atoms. The van der Waals surface area contributed by atoms with Crippen LogP contribution in [0.3, 0.4) is 0 Å². The molecule has 0 amide bonds. The topological polar surface area (TPSA) is 77.4 Å². The summed E-state index contributed by atoms with van der Waals surface area (Å²) in [6.45, 7) is 4.00. The first-order valence-corrected chi connectivity index (χ1v) is 4.56. The normalized spacial score (nSPS) is 19.6. The van der Waals surface area contributed by atoms with Crippen LogP contribution in [0.15, 0.2) is 30.0 Å². The molecule has 76 valence electrons. The van der Waals surface area contributed by atoms with Crippen molar-refractivity contribution in [2.45, 2.75) is 13.8 Å². The van der Waals surface area contributed by atoms with Crippen LogP contribution in [0, 0.1) is 0 Å². The summed E-state index contributed by atoms with van der Waals surface area (Å²) in [6, 6.07) is 0. The van der Waals surface area contributed by atoms with E-state index in [0.717, 1.165) is 0 Å². The van der Waals surface area contributed by atoms with Gasteiger partial charge in [0.25, 0.3) is 0 Å². The monoisotopic (exact) mass is 203 g/mol. The highest BCUT2D eigenvalue weighted by Crippen LogP contribution is 2.10. The van der Waals surface area contributed by atoms with Gasteiger partial charge in [-0.15, -0.1) is 0 Å². The van der Waals surface area contributed by atoms with E-state index in [9.17, 15) is 0 Å². The summed E-state index contributed by atoms with van der Waals surface area (Å²) in [4.78, 5) is 25.3. The zero-order valence-electron chi connectivity index (χ0n) is 8.36. The van der Waals surface area contributed by atoms with Gasteiger partial charge in [0.1, 0.15) is 19.0 Å². The average Bonchev–Trinajstić information content (AvgIpc) is 2.33. The number of nitrogens with zero attached hydrogens (tertiary/aromatic N) is 7. The van der Waals surface area contributed by atoms with Gasteiger partial charge in [-0.1, -0.05) is 13.8 Å². The fourth-order valence-electron chi connectivity index (χ4n) is 1.11. The molecule has 3 aliphatic heterocycles. The molecule has 0 saturated carbocycles. The van der Waals surface area contributed by atoms with Crippen molar-refractivity contribution in [1.29, 1.82) is 0 Å². The number of aliphatic imine (C=N–C) groups is 6. The summed E-state index contributed by atoms with van der Waals surface area (Å²) in [5.74, 6) is 1.49. The van der Waals surface area contributed by atoms with Crippen molar-refractivity contribution >= 4 is 36.9 Å². The Balaban J connectivity index is 0.000000404. The molecule has 0 atom stereocenters. The second kappa shape index (κ2) is 3.91. The van der Waals surface area contributed by atoms with Gasteiger partial charge in [-0.05, 0) is 0 Å². The Morgan fingerprint density at radius 3 is 1.40 bits per heavy atom. The highest BCUT2D eigenvalue weighted by molar-refractivity contribution is 6.25. The van der Waals surface area contributed by atoms with Crippen molar-refractivity contribution < 1.29 is 0 Å². The lowest BCUT2D eigenvalue weighted by Crippen LogP contribution is -2.44. The molecule has 0 spiro atoms. The summed E-state index contributed by atoms with van der Waals surface area (Å²) >= 11 is 0. The first-order chi connectivity index (χ1) is 7.45. The fraction of sp³-hybridized carbons (Fsp3) is 0.250. The summed E-state index contributed by atoms with van der Waals surface area (Å²) in [7, 11) is 0. The molecule has 0 unspecified atom stereocenters. The molecule has 3 aliphatic rings. The molecule has 7 nitrogen and oxygen atoms in total. The van der Waals surface area contributed by atoms with Crippen LogP contribution in [-0.2, 0) is 0 Å². The molecule has 0 aromatic carbocycles. The van der Waals surface area contributed by atoms with E-state index < -0.39 is 0 Å². The van der Waals surface area contributed by atoms with Crippen molar-refractivity contribution in [1.82, 2.24) is 4.90 Å². The molecule has 0 fully saturated rings. The van der Waals surface area contributed by atoms with Gasteiger partial charge in [-0.3, -0.25) is 0 Å². The van der Waals surface area contributed by atoms with Crippen LogP contribution < -0.4 is 0 Å². The molecule has 0 radical (unpaired) electrons. The van der Waals surface area contributed by atoms with E-state index >= 15 is 0 Å². The van der Waals surface area contributed by atoms with E-state index in [0.29, 0.717) is 17.9 Å². The number of guanidine groups is 3. The Morgan fingerprint density at radius 1 is 0.733 bits per heavy atom. The van der Waals surface area contributed by atoms with Crippen molar-refractivity contribution in [3.63, 3.8) is 0 Å². The second-order valence-corrected chi connectivity index (χ2v) is 2.36. The van der Waals surface area contributed by atoms with Crippen molar-refractivity contribution in [2.75, 3.05) is 0 Å². The zero-order valence-corrected chi connectivity index (χ0v) is 8.36. The van der Waals surface area contributed by atoms with Crippen LogP contribution in [0.2, 0.25) is 0 Å². The van der Waals surface area contributed by atoms with E-state index in [-0.39, 0.29) is 0 Å². The fourth-order valence-corrected chi connectivity index (χ4v) is 1.11. The summed E-state index contributed by atoms with van der Waals surface area (Å²) in [6.07, 6.45) is 4.22. The SMILES string of the molecule is C1=NC2=NC=NC3=NC=NC(=N1)N23.CC. The first-order valence-electron chi connectivity index (χ1n) is 4.56. The second-order valence-electron chi connectivity index (χ2n) is 2.36. The third kappa shape index (κ3) is 1.47. The molecular formula is C8H9N7. The minimum atomic E-state index is 0.496. The maximum absolute atomic E-state index is 3.95. The van der Waals surface area contributed by atoms with Crippen LogP contribution >= 0.6 is 0 Å². The molecule has 0 aromatic rings. The van der Waals surface area contributed by atoms with Gasteiger partial charge in [-0.2, -0.15) is 0 Å². The highest BCUT2D eigenvalue weighted by atomic mass is 15.5. The highest BCUT2D eigenvalue weighted by Gasteiger charge is 2.28. The Morgan fingerprint density at radius 2 is 1.07 bits per heavy atom. The minimum absolute atomic E-state index is 0.496. The third-order valence-corrected chi connectivity index (χ3v) is 1.64. The Kier molecular flexibility index (Phi) is 2.44. The van der Waals surface area contributed by atoms with Gasteiger partial charge >= 0.3 is 0 Å². The van der Waals surface area contributed by atoms with Crippen LogP contribution in [-0.4, -0.2) is 41.8 Å². The lowest BCUT2D eigenvalue weighted by molar-refractivity contribution is 0.836. The van der Waals surface area contributed by atoms with Crippen molar-refractivity contribution in [3.8, 4) is 0 Å². The number of hydrogen-bond donors (Lipinski definition) is 0. The smallest absolute Gasteiger partial charge is 0.213 e. The average molecular weight is 203 g/mol. The summed E-state index contributed by atoms with van der Waals surface area (Å²) in [5.41, 5.74) is 0. The Labute approximate surface area is 86.4 Å². The number of hydrogen-bond acceptors (Lipinski definition) is 7. The lowest BCUT2D eigenvalue weighted by atomic mass is 10.5. The lowest BCUT2D eigenvalue weighted by Gasteiger charge is -2.25. The Bertz CT molecular complexity index is 371. The molecule has 0 aliphatic carbocycles. The van der Waals surface area contributed by atoms with Crippen LogP contribution in [0.25, 0.3) is 0 Å². The predicted molar refractivity (Wildman–Crippen MR) is 61.0 cm³/mol. The van der Waals surface area contributed by atoms with E-state index in [2.05, 4.69) is 30.0 Å². The van der Waals surface area contributed by atoms with E-state index in [1.807, 2.05) is 13.8 Å². The van der Waals surface area contributed by atoms with Crippen molar-refractivity contribution in [2.24, 2.45) is 30.0 Å². The maximum Gasteiger partial charge on any atom is 0.242 e. The summed E-state index contributed by atoms with van der Waals surface area (Å²) in [5, 5.41) is 0. The van der Waals surface area contributed by atoms with Crippen LogP contribution in [0.5, 0.6) is 0 Å². The quantitative estimate of drug-likeness (QED) is 0.565. The molecule has 0 saturated heterocycles. The molecule has 7 heteroatoms. The molecule has 3 rings (SSSR count). The standard InChI is InChI=1S/C6H3N7.C2H6/c1-7-4-9-2-11-6-12-3-10-5(8-1)13(4)6;1-2/h1-3H;1-2H3. The van der Waals surface area contributed by atoms with Gasteiger partial charge in [0.05, 0.1) is 0 Å². The number of rotatable bonds is 0. The first kappa shape index (κ1) is 9.38. The Hall–Kier alpha value is -2.18. The predicted octanol–water partition coefficient (Wildman–Crippen LogP) is 0.508. The zero-order chi connectivity index (χ0) is 10.7. The van der Waals surface area contributed by atoms with Crippen molar-refractivity contribution in [3.05, 3.63) is 0 Å². The molecule has 0 N–H and O–H groups in total. The van der Waals surface area contributed by atoms with Gasteiger partial charge in [0, 0.05) is 0 Å². The molecule has 15 heavy (non-hydrogen) atoms. The maximum atomic E-state index is 3.95. The molecular weight excluding hydrogens is 194 g/mol. The summed E-state index contributed by atoms with van der Waals surface area (Å²) < 4.78 is 0. The molecule has 0 aromatic heterocycles. The van der Waals surface area contributed by atoms with Gasteiger partial charge in [-0.25, -0.2) is 34.9 Å². The van der Waals surface area contributed by atoms with Crippen LogP contribution in [0.4, 0.5) is 0 Å². The van der Waals surface area contributed by atoms with E-state index in [1.54, 1.807) is 4.90 Å². The molecule has 3 heterocycles. The van der Waals surface area contributed by atoms with Gasteiger partial charge in [0.2, 0.25) is 17.9 Å². The van der Waals surface area contributed by atoms with E-state index in [1.165, 1.54) is 19.0 Å². The third-order valence-electron chi connectivity index (χ3n) is 1.64. The van der Waals surface area contributed by atoms with Gasteiger partial charge < -0.3 is 0 Å². The largest absolute Gasteiger partial charge is 0.242 e. The van der Waals surface area contributed by atoms with Crippen LogP contribution in [0.1, 0.15) is 13.8 Å².